The SMILES string of the molecule is Cc1ccc(-c2cc3ccccc3nc2N2C[C@@H](C)O[C@@H](C)C2)cc1. The summed E-state index contributed by atoms with van der Waals surface area (Å²) in [6.07, 6.45) is 0.422. The molecule has 2 aromatic carbocycles. The lowest BCUT2D eigenvalue weighted by molar-refractivity contribution is -0.00540. The predicted octanol–water partition coefficient (Wildman–Crippen LogP) is 4.82. The maximum absolute atomic E-state index is 5.92. The number of aromatic nitrogens is 1. The molecule has 3 aromatic rings. The molecule has 1 fully saturated rings. The van der Waals surface area contributed by atoms with Gasteiger partial charge in [-0.3, -0.25) is 0 Å². The molecule has 2 atom stereocenters. The van der Waals surface area contributed by atoms with E-state index in [2.05, 4.69) is 80.3 Å². The fraction of sp³-hybridized carbons (Fsp3) is 0.318. The molecule has 0 bridgehead atoms. The minimum Gasteiger partial charge on any atom is -0.372 e. The quantitative estimate of drug-likeness (QED) is 0.672. The number of aryl methyl sites for hydroxylation is 1. The van der Waals surface area contributed by atoms with Crippen LogP contribution in [-0.4, -0.2) is 30.3 Å². The summed E-state index contributed by atoms with van der Waals surface area (Å²) in [5.74, 6) is 1.06. The van der Waals surface area contributed by atoms with Gasteiger partial charge in [-0.2, -0.15) is 0 Å². The molecule has 3 heteroatoms. The summed E-state index contributed by atoms with van der Waals surface area (Å²) in [6, 6.07) is 19.3. The Balaban J connectivity index is 1.88. The van der Waals surface area contributed by atoms with Crippen molar-refractivity contribution in [3.8, 4) is 11.1 Å². The Bertz CT molecular complexity index is 878. The normalized spacial score (nSPS) is 20.8. The van der Waals surface area contributed by atoms with Gasteiger partial charge in [-0.15, -0.1) is 0 Å². The molecule has 1 aromatic heterocycles. The topological polar surface area (TPSA) is 25.4 Å². The monoisotopic (exact) mass is 332 g/mol. The summed E-state index contributed by atoms with van der Waals surface area (Å²) in [5.41, 5.74) is 4.72. The Morgan fingerprint density at radius 1 is 0.960 bits per heavy atom. The zero-order valence-electron chi connectivity index (χ0n) is 15.1. The molecule has 2 heterocycles. The molecule has 0 aliphatic carbocycles. The van der Waals surface area contributed by atoms with Crippen molar-refractivity contribution >= 4 is 16.7 Å². The van der Waals surface area contributed by atoms with E-state index in [0.717, 1.165) is 24.4 Å². The van der Waals surface area contributed by atoms with Gasteiger partial charge < -0.3 is 9.64 Å². The molecule has 0 amide bonds. The number of rotatable bonds is 2. The Hall–Kier alpha value is -2.39. The third kappa shape index (κ3) is 3.24. The molecule has 4 rings (SSSR count). The third-order valence-corrected chi connectivity index (χ3v) is 4.79. The van der Waals surface area contributed by atoms with Crippen LogP contribution in [0, 0.1) is 6.92 Å². The number of anilines is 1. The van der Waals surface area contributed by atoms with Crippen molar-refractivity contribution in [3.63, 3.8) is 0 Å². The summed E-state index contributed by atoms with van der Waals surface area (Å²) >= 11 is 0. The second-order valence-electron chi connectivity index (χ2n) is 7.08. The Kier molecular flexibility index (Phi) is 4.18. The van der Waals surface area contributed by atoms with Gasteiger partial charge >= 0.3 is 0 Å². The number of fused-ring (bicyclic) bond motifs is 1. The maximum Gasteiger partial charge on any atom is 0.137 e. The van der Waals surface area contributed by atoms with Gasteiger partial charge in [-0.25, -0.2) is 4.98 Å². The van der Waals surface area contributed by atoms with E-state index in [1.807, 2.05) is 0 Å². The molecule has 25 heavy (non-hydrogen) atoms. The van der Waals surface area contributed by atoms with E-state index in [1.54, 1.807) is 0 Å². The summed E-state index contributed by atoms with van der Waals surface area (Å²) in [7, 11) is 0. The van der Waals surface area contributed by atoms with Crippen LogP contribution < -0.4 is 4.90 Å². The molecule has 1 saturated heterocycles. The number of morpholine rings is 1. The maximum atomic E-state index is 5.92. The lowest BCUT2D eigenvalue weighted by Gasteiger charge is -2.37. The van der Waals surface area contributed by atoms with Crippen molar-refractivity contribution in [2.75, 3.05) is 18.0 Å². The Labute approximate surface area is 149 Å². The van der Waals surface area contributed by atoms with Gasteiger partial charge in [0.2, 0.25) is 0 Å². The zero-order chi connectivity index (χ0) is 17.4. The van der Waals surface area contributed by atoms with E-state index in [1.165, 1.54) is 22.1 Å². The summed E-state index contributed by atoms with van der Waals surface area (Å²) in [6.45, 7) is 8.13. The largest absolute Gasteiger partial charge is 0.372 e. The predicted molar refractivity (Wildman–Crippen MR) is 104 cm³/mol. The van der Waals surface area contributed by atoms with Crippen molar-refractivity contribution in [2.24, 2.45) is 0 Å². The first kappa shape index (κ1) is 16.1. The number of hydrogen-bond acceptors (Lipinski definition) is 3. The van der Waals surface area contributed by atoms with Crippen molar-refractivity contribution in [2.45, 2.75) is 33.0 Å². The van der Waals surface area contributed by atoms with Crippen LogP contribution in [0.4, 0.5) is 5.82 Å². The van der Waals surface area contributed by atoms with Crippen LogP contribution in [-0.2, 0) is 4.74 Å². The molecule has 0 spiro atoms. The van der Waals surface area contributed by atoms with Crippen LogP contribution in [0.1, 0.15) is 19.4 Å². The fourth-order valence-corrected chi connectivity index (χ4v) is 3.64. The lowest BCUT2D eigenvalue weighted by Crippen LogP contribution is -2.46. The second-order valence-corrected chi connectivity index (χ2v) is 7.08. The van der Waals surface area contributed by atoms with E-state index in [4.69, 9.17) is 9.72 Å². The second kappa shape index (κ2) is 6.49. The van der Waals surface area contributed by atoms with E-state index >= 15 is 0 Å². The molecule has 0 N–H and O–H groups in total. The van der Waals surface area contributed by atoms with Gasteiger partial charge in [0, 0.05) is 24.0 Å². The molecule has 1 aliphatic heterocycles. The van der Waals surface area contributed by atoms with Gasteiger partial charge in [-0.1, -0.05) is 48.0 Å². The molecular formula is C22H24N2O. The van der Waals surface area contributed by atoms with Crippen LogP contribution in [0.5, 0.6) is 0 Å². The van der Waals surface area contributed by atoms with Crippen LogP contribution in [0.3, 0.4) is 0 Å². The first-order valence-electron chi connectivity index (χ1n) is 8.97. The molecule has 0 unspecified atom stereocenters. The van der Waals surface area contributed by atoms with E-state index in [9.17, 15) is 0 Å². The van der Waals surface area contributed by atoms with Crippen LogP contribution in [0.25, 0.3) is 22.0 Å². The minimum atomic E-state index is 0.211. The molecule has 3 nitrogen and oxygen atoms in total. The van der Waals surface area contributed by atoms with Crippen molar-refractivity contribution in [1.82, 2.24) is 4.98 Å². The number of pyridine rings is 1. The molecular weight excluding hydrogens is 308 g/mol. The van der Waals surface area contributed by atoms with Crippen LogP contribution in [0.15, 0.2) is 54.6 Å². The average molecular weight is 332 g/mol. The summed E-state index contributed by atoms with van der Waals surface area (Å²) < 4.78 is 5.92. The first-order chi connectivity index (χ1) is 12.1. The van der Waals surface area contributed by atoms with Gasteiger partial charge in [0.25, 0.3) is 0 Å². The lowest BCUT2D eigenvalue weighted by atomic mass is 10.0. The highest BCUT2D eigenvalue weighted by Crippen LogP contribution is 2.34. The van der Waals surface area contributed by atoms with Gasteiger partial charge in [-0.05, 0) is 38.5 Å². The number of benzene rings is 2. The van der Waals surface area contributed by atoms with Gasteiger partial charge in [0.1, 0.15) is 5.82 Å². The molecule has 0 radical (unpaired) electrons. The smallest absolute Gasteiger partial charge is 0.137 e. The third-order valence-electron chi connectivity index (χ3n) is 4.79. The fourth-order valence-electron chi connectivity index (χ4n) is 3.64. The average Bonchev–Trinajstić information content (AvgIpc) is 2.60. The van der Waals surface area contributed by atoms with Crippen LogP contribution >= 0.6 is 0 Å². The van der Waals surface area contributed by atoms with Crippen LogP contribution in [0.2, 0.25) is 0 Å². The van der Waals surface area contributed by atoms with E-state index < -0.39 is 0 Å². The van der Waals surface area contributed by atoms with Gasteiger partial charge in [0.05, 0.1) is 17.7 Å². The summed E-state index contributed by atoms with van der Waals surface area (Å²) in [5, 5.41) is 1.18. The number of hydrogen-bond donors (Lipinski definition) is 0. The Morgan fingerprint density at radius 2 is 1.64 bits per heavy atom. The molecule has 1 aliphatic rings. The molecule has 128 valence electrons. The van der Waals surface area contributed by atoms with E-state index in [0.29, 0.717) is 0 Å². The summed E-state index contributed by atoms with van der Waals surface area (Å²) in [4.78, 5) is 7.41. The van der Waals surface area contributed by atoms with Crippen molar-refractivity contribution in [1.29, 1.82) is 0 Å². The zero-order valence-corrected chi connectivity index (χ0v) is 15.1. The highest BCUT2D eigenvalue weighted by molar-refractivity contribution is 5.89. The number of nitrogens with zero attached hydrogens (tertiary/aromatic N) is 2. The Morgan fingerprint density at radius 3 is 2.36 bits per heavy atom. The number of ether oxygens (including phenoxy) is 1. The highest BCUT2D eigenvalue weighted by Gasteiger charge is 2.25. The van der Waals surface area contributed by atoms with Gasteiger partial charge in [0.15, 0.2) is 0 Å². The first-order valence-corrected chi connectivity index (χ1v) is 8.97. The highest BCUT2D eigenvalue weighted by atomic mass is 16.5. The van der Waals surface area contributed by atoms with Crippen molar-refractivity contribution in [3.05, 3.63) is 60.2 Å². The molecule has 0 saturated carbocycles. The number of para-hydroxylation sites is 1. The van der Waals surface area contributed by atoms with Crippen molar-refractivity contribution < 1.29 is 4.74 Å². The standard InChI is InChI=1S/C22H24N2O/c1-15-8-10-18(11-9-15)20-12-19-6-4-5-7-21(19)23-22(20)24-13-16(2)25-17(3)14-24/h4-12,16-17H,13-14H2,1-3H3/t16-,17+. The minimum absolute atomic E-state index is 0.211. The van der Waals surface area contributed by atoms with E-state index in [-0.39, 0.29) is 12.2 Å².